The fourth-order valence-corrected chi connectivity index (χ4v) is 1.68. The van der Waals surface area contributed by atoms with Crippen molar-refractivity contribution in [3.05, 3.63) is 45.6 Å². The largest absolute Gasteiger partial charge is 0.391 e. The lowest BCUT2D eigenvalue weighted by Gasteiger charge is -2.04. The Morgan fingerprint density at radius 3 is 2.75 bits per heavy atom. The molecule has 0 aliphatic heterocycles. The summed E-state index contributed by atoms with van der Waals surface area (Å²) < 4.78 is 0. The van der Waals surface area contributed by atoms with E-state index in [1.54, 1.807) is 18.2 Å². The van der Waals surface area contributed by atoms with Gasteiger partial charge in [0, 0.05) is 5.69 Å². The number of hydrogen-bond donors (Lipinski definition) is 1. The van der Waals surface area contributed by atoms with Crippen molar-refractivity contribution in [1.82, 2.24) is 4.98 Å². The first-order chi connectivity index (χ1) is 7.63. The van der Waals surface area contributed by atoms with Gasteiger partial charge in [0.05, 0.1) is 28.0 Å². The van der Waals surface area contributed by atoms with Gasteiger partial charge in [0.2, 0.25) is 0 Å². The second-order valence-electron chi connectivity index (χ2n) is 3.51. The number of aromatic nitrogens is 1. The maximum Gasteiger partial charge on any atom is 0.284 e. The summed E-state index contributed by atoms with van der Waals surface area (Å²) in [4.78, 5) is 14.7. The number of aliphatic hydroxyl groups is 1. The first kappa shape index (κ1) is 10.5. The van der Waals surface area contributed by atoms with E-state index in [0.29, 0.717) is 16.5 Å². The van der Waals surface area contributed by atoms with Gasteiger partial charge in [-0.3, -0.25) is 15.1 Å². The van der Waals surface area contributed by atoms with Gasteiger partial charge in [-0.25, -0.2) is 0 Å². The van der Waals surface area contributed by atoms with Crippen LogP contribution in [-0.4, -0.2) is 15.0 Å². The number of rotatable bonds is 2. The number of aryl methyl sites for hydroxylation is 1. The van der Waals surface area contributed by atoms with E-state index in [-0.39, 0.29) is 12.3 Å². The molecule has 5 nitrogen and oxygen atoms in total. The van der Waals surface area contributed by atoms with Crippen LogP contribution in [0.2, 0.25) is 0 Å². The smallest absolute Gasteiger partial charge is 0.284 e. The van der Waals surface area contributed by atoms with Crippen LogP contribution in [-0.2, 0) is 6.61 Å². The highest BCUT2D eigenvalue weighted by Gasteiger charge is 2.18. The van der Waals surface area contributed by atoms with E-state index in [1.807, 2.05) is 6.92 Å². The Labute approximate surface area is 91.5 Å². The molecule has 0 aliphatic carbocycles. The minimum absolute atomic E-state index is 0.0625. The minimum atomic E-state index is -0.481. The van der Waals surface area contributed by atoms with E-state index in [2.05, 4.69) is 4.98 Å². The lowest BCUT2D eigenvalue weighted by atomic mass is 10.1. The highest BCUT2D eigenvalue weighted by molar-refractivity contribution is 5.89. The molecule has 0 saturated heterocycles. The SMILES string of the molecule is Cc1ccc2c([N+](=O)[O-])c(CO)ccc2n1. The van der Waals surface area contributed by atoms with Crippen molar-refractivity contribution in [2.24, 2.45) is 0 Å². The molecule has 1 heterocycles. The fraction of sp³-hybridized carbons (Fsp3) is 0.182. The molecule has 16 heavy (non-hydrogen) atoms. The van der Waals surface area contributed by atoms with Crippen molar-refractivity contribution in [2.45, 2.75) is 13.5 Å². The Balaban J connectivity index is 2.84. The molecule has 1 aromatic carbocycles. The van der Waals surface area contributed by atoms with Crippen LogP contribution in [0.25, 0.3) is 10.9 Å². The van der Waals surface area contributed by atoms with Gasteiger partial charge in [-0.15, -0.1) is 0 Å². The Morgan fingerprint density at radius 2 is 2.12 bits per heavy atom. The molecule has 82 valence electrons. The molecule has 2 aromatic rings. The van der Waals surface area contributed by atoms with Crippen LogP contribution in [0.15, 0.2) is 24.3 Å². The number of benzene rings is 1. The van der Waals surface area contributed by atoms with E-state index in [1.165, 1.54) is 6.07 Å². The maximum absolute atomic E-state index is 10.9. The van der Waals surface area contributed by atoms with Crippen LogP contribution in [0.1, 0.15) is 11.3 Å². The summed E-state index contributed by atoms with van der Waals surface area (Å²) in [5, 5.41) is 20.5. The number of hydrogen-bond acceptors (Lipinski definition) is 4. The topological polar surface area (TPSA) is 76.3 Å². The summed E-state index contributed by atoms with van der Waals surface area (Å²) in [6.07, 6.45) is 0. The zero-order valence-electron chi connectivity index (χ0n) is 8.67. The standard InChI is InChI=1S/C11H10N2O3/c1-7-2-4-9-10(12-7)5-3-8(6-14)11(9)13(15)16/h2-5,14H,6H2,1H3. The first-order valence-electron chi connectivity index (χ1n) is 4.78. The normalized spacial score (nSPS) is 10.6. The molecular weight excluding hydrogens is 208 g/mol. The molecule has 0 atom stereocenters. The van der Waals surface area contributed by atoms with Gasteiger partial charge in [-0.2, -0.15) is 0 Å². The van der Waals surface area contributed by atoms with Gasteiger partial charge < -0.3 is 5.11 Å². The molecule has 0 amide bonds. The molecule has 0 radical (unpaired) electrons. The van der Waals surface area contributed by atoms with Crippen LogP contribution >= 0.6 is 0 Å². The number of nitro benzene ring substituents is 1. The molecule has 0 fully saturated rings. The summed E-state index contributed by atoms with van der Waals surface area (Å²) in [5.74, 6) is 0. The van der Waals surface area contributed by atoms with Crippen LogP contribution in [0.4, 0.5) is 5.69 Å². The average molecular weight is 218 g/mol. The van der Waals surface area contributed by atoms with Crippen molar-refractivity contribution in [2.75, 3.05) is 0 Å². The summed E-state index contributed by atoms with van der Waals surface area (Å²) in [6.45, 7) is 1.48. The Bertz CT molecular complexity index is 566. The average Bonchev–Trinajstić information content (AvgIpc) is 2.26. The third kappa shape index (κ3) is 1.61. The summed E-state index contributed by atoms with van der Waals surface area (Å²) in [5.41, 5.74) is 1.62. The molecule has 0 spiro atoms. The van der Waals surface area contributed by atoms with Gasteiger partial charge in [0.1, 0.15) is 0 Å². The highest BCUT2D eigenvalue weighted by atomic mass is 16.6. The second-order valence-corrected chi connectivity index (χ2v) is 3.51. The third-order valence-corrected chi connectivity index (χ3v) is 2.42. The lowest BCUT2D eigenvalue weighted by Crippen LogP contribution is -1.97. The lowest BCUT2D eigenvalue weighted by molar-refractivity contribution is -0.384. The molecule has 0 aliphatic rings. The Hall–Kier alpha value is -2.01. The van der Waals surface area contributed by atoms with E-state index in [0.717, 1.165) is 5.69 Å². The van der Waals surface area contributed by atoms with Crippen LogP contribution < -0.4 is 0 Å². The molecule has 2 rings (SSSR count). The Morgan fingerprint density at radius 1 is 1.38 bits per heavy atom. The number of aliphatic hydroxyl groups excluding tert-OH is 1. The van der Waals surface area contributed by atoms with Crippen LogP contribution in [0.5, 0.6) is 0 Å². The maximum atomic E-state index is 10.9. The van der Waals surface area contributed by atoms with Gasteiger partial charge in [0.25, 0.3) is 5.69 Å². The van der Waals surface area contributed by atoms with Crippen molar-refractivity contribution in [3.8, 4) is 0 Å². The predicted molar refractivity (Wildman–Crippen MR) is 59.1 cm³/mol. The van der Waals surface area contributed by atoms with Gasteiger partial charge in [-0.1, -0.05) is 0 Å². The predicted octanol–water partition coefficient (Wildman–Crippen LogP) is 1.94. The minimum Gasteiger partial charge on any atom is -0.391 e. The third-order valence-electron chi connectivity index (χ3n) is 2.42. The number of nitrogens with zero attached hydrogens (tertiary/aromatic N) is 2. The molecule has 1 N–H and O–H groups in total. The molecular formula is C11H10N2O3. The Kier molecular flexibility index (Phi) is 2.54. The molecule has 5 heteroatoms. The molecule has 0 saturated carbocycles. The van der Waals surface area contributed by atoms with Crippen molar-refractivity contribution in [3.63, 3.8) is 0 Å². The van der Waals surface area contributed by atoms with Crippen molar-refractivity contribution in [1.29, 1.82) is 0 Å². The summed E-state index contributed by atoms with van der Waals surface area (Å²) >= 11 is 0. The summed E-state index contributed by atoms with van der Waals surface area (Å²) in [6, 6.07) is 6.60. The quantitative estimate of drug-likeness (QED) is 0.617. The van der Waals surface area contributed by atoms with Crippen LogP contribution in [0, 0.1) is 17.0 Å². The molecule has 1 aromatic heterocycles. The van der Waals surface area contributed by atoms with Gasteiger partial charge in [0.15, 0.2) is 0 Å². The monoisotopic (exact) mass is 218 g/mol. The van der Waals surface area contributed by atoms with Crippen LogP contribution in [0.3, 0.4) is 0 Å². The van der Waals surface area contributed by atoms with E-state index in [9.17, 15) is 10.1 Å². The first-order valence-corrected chi connectivity index (χ1v) is 4.78. The number of pyridine rings is 1. The second kappa shape index (κ2) is 3.86. The number of nitro groups is 1. The van der Waals surface area contributed by atoms with Gasteiger partial charge >= 0.3 is 0 Å². The fourth-order valence-electron chi connectivity index (χ4n) is 1.68. The van der Waals surface area contributed by atoms with E-state index >= 15 is 0 Å². The molecule has 0 unspecified atom stereocenters. The number of fused-ring (bicyclic) bond motifs is 1. The van der Waals surface area contributed by atoms with E-state index < -0.39 is 4.92 Å². The zero-order chi connectivity index (χ0) is 11.7. The van der Waals surface area contributed by atoms with Crippen molar-refractivity contribution < 1.29 is 10.0 Å². The van der Waals surface area contributed by atoms with Gasteiger partial charge in [-0.05, 0) is 31.2 Å². The zero-order valence-corrected chi connectivity index (χ0v) is 8.67. The molecule has 0 bridgehead atoms. The van der Waals surface area contributed by atoms with Crippen molar-refractivity contribution >= 4 is 16.6 Å². The highest BCUT2D eigenvalue weighted by Crippen LogP contribution is 2.28. The van der Waals surface area contributed by atoms with E-state index in [4.69, 9.17) is 5.11 Å². The summed E-state index contributed by atoms with van der Waals surface area (Å²) in [7, 11) is 0.